The van der Waals surface area contributed by atoms with Crippen molar-refractivity contribution in [1.29, 1.82) is 0 Å². The summed E-state index contributed by atoms with van der Waals surface area (Å²) in [6, 6.07) is 13.2. The largest absolute Gasteiger partial charge is 0.292 e. The van der Waals surface area contributed by atoms with Gasteiger partial charge in [0.2, 0.25) is 0 Å². The number of carbonyl (C=O) groups excluding carboxylic acids is 1. The van der Waals surface area contributed by atoms with E-state index in [2.05, 4.69) is 5.10 Å². The Balaban J connectivity index is 1.72. The Bertz CT molecular complexity index is 853. The van der Waals surface area contributed by atoms with Gasteiger partial charge in [0.1, 0.15) is 0 Å². The number of hydrogen-bond donors (Lipinski definition) is 0. The summed E-state index contributed by atoms with van der Waals surface area (Å²) in [6.07, 6.45) is 0. The van der Waals surface area contributed by atoms with Crippen LogP contribution in [-0.4, -0.2) is 21.3 Å². The standard InChI is InChI=1S/C14H9ClN2OS4/c15-12-7-6-11(21-12)10(18)8-20-13-16-17(14(19)22-13)9-4-2-1-3-5-9/h1-7H,8H2. The molecule has 0 radical (unpaired) electrons. The Labute approximate surface area is 149 Å². The van der Waals surface area contributed by atoms with Crippen LogP contribution in [0.3, 0.4) is 0 Å². The third kappa shape index (κ3) is 3.67. The lowest BCUT2D eigenvalue weighted by Crippen LogP contribution is -2.00. The number of thioether (sulfide) groups is 1. The SMILES string of the molecule is O=C(CSc1nn(-c2ccccc2)c(=S)s1)c1ccc(Cl)s1. The van der Waals surface area contributed by atoms with Crippen LogP contribution >= 0.6 is 58.3 Å². The zero-order chi connectivity index (χ0) is 15.5. The molecule has 0 amide bonds. The predicted octanol–water partition coefficient (Wildman–Crippen LogP) is 5.35. The molecule has 22 heavy (non-hydrogen) atoms. The maximum absolute atomic E-state index is 12.1. The second kappa shape index (κ2) is 7.06. The van der Waals surface area contributed by atoms with Crippen LogP contribution < -0.4 is 0 Å². The number of para-hydroxylation sites is 1. The number of ketones is 1. The van der Waals surface area contributed by atoms with Gasteiger partial charge in [-0.05, 0) is 36.5 Å². The molecule has 0 aliphatic carbocycles. The Morgan fingerprint density at radius 1 is 1.23 bits per heavy atom. The Morgan fingerprint density at radius 2 is 2.00 bits per heavy atom. The van der Waals surface area contributed by atoms with Crippen LogP contribution in [0, 0.1) is 3.95 Å². The number of thiophene rings is 1. The van der Waals surface area contributed by atoms with Crippen molar-refractivity contribution in [2.24, 2.45) is 0 Å². The summed E-state index contributed by atoms with van der Waals surface area (Å²) in [5.41, 5.74) is 0.923. The zero-order valence-corrected chi connectivity index (χ0v) is 15.1. The van der Waals surface area contributed by atoms with Gasteiger partial charge in [-0.1, -0.05) is 52.9 Å². The predicted molar refractivity (Wildman–Crippen MR) is 96.7 cm³/mol. The summed E-state index contributed by atoms with van der Waals surface area (Å²) in [7, 11) is 0. The second-order valence-electron chi connectivity index (χ2n) is 4.20. The van der Waals surface area contributed by atoms with E-state index in [1.165, 1.54) is 34.4 Å². The minimum absolute atomic E-state index is 0.0503. The highest BCUT2D eigenvalue weighted by Crippen LogP contribution is 2.27. The highest BCUT2D eigenvalue weighted by atomic mass is 35.5. The fraction of sp³-hybridized carbons (Fsp3) is 0.0714. The van der Waals surface area contributed by atoms with Gasteiger partial charge in [-0.3, -0.25) is 4.79 Å². The average molecular weight is 385 g/mol. The molecule has 1 aromatic carbocycles. The van der Waals surface area contributed by atoms with Gasteiger partial charge in [0.15, 0.2) is 14.1 Å². The van der Waals surface area contributed by atoms with E-state index in [9.17, 15) is 4.79 Å². The highest BCUT2D eigenvalue weighted by Gasteiger charge is 2.12. The van der Waals surface area contributed by atoms with E-state index in [1.807, 2.05) is 30.3 Å². The molecule has 2 aromatic heterocycles. The molecule has 0 spiro atoms. The second-order valence-corrected chi connectivity index (χ2v) is 8.76. The van der Waals surface area contributed by atoms with Crippen LogP contribution in [0.25, 0.3) is 5.69 Å². The van der Waals surface area contributed by atoms with Crippen LogP contribution in [-0.2, 0) is 0 Å². The fourth-order valence-corrected chi connectivity index (χ4v) is 5.03. The molecule has 2 heterocycles. The molecule has 0 aliphatic rings. The highest BCUT2D eigenvalue weighted by molar-refractivity contribution is 8.01. The van der Waals surface area contributed by atoms with Gasteiger partial charge in [-0.15, -0.1) is 16.4 Å². The van der Waals surface area contributed by atoms with Gasteiger partial charge in [0, 0.05) is 0 Å². The number of rotatable bonds is 5. The molecule has 3 rings (SSSR count). The first kappa shape index (κ1) is 15.9. The van der Waals surface area contributed by atoms with Gasteiger partial charge in [0.05, 0.1) is 20.7 Å². The molecule has 0 atom stereocenters. The van der Waals surface area contributed by atoms with E-state index in [1.54, 1.807) is 16.8 Å². The first-order valence-electron chi connectivity index (χ1n) is 6.20. The molecule has 0 bridgehead atoms. The van der Waals surface area contributed by atoms with Gasteiger partial charge in [-0.2, -0.15) is 0 Å². The van der Waals surface area contributed by atoms with Crippen LogP contribution in [0.1, 0.15) is 9.67 Å². The third-order valence-corrected chi connectivity index (χ3v) is 6.34. The monoisotopic (exact) mass is 384 g/mol. The number of halogens is 1. The average Bonchev–Trinajstić information content (AvgIpc) is 3.12. The molecule has 0 unspecified atom stereocenters. The lowest BCUT2D eigenvalue weighted by Gasteiger charge is -1.99. The molecule has 3 nitrogen and oxygen atoms in total. The van der Waals surface area contributed by atoms with Crippen LogP contribution in [0.4, 0.5) is 0 Å². The summed E-state index contributed by atoms with van der Waals surface area (Å²) in [5, 5.41) is 4.47. The number of Topliss-reactive ketones (excluding diaryl/α,β-unsaturated/α-hetero) is 1. The topological polar surface area (TPSA) is 34.9 Å². The maximum atomic E-state index is 12.1. The molecule has 0 aliphatic heterocycles. The van der Waals surface area contributed by atoms with Crippen LogP contribution in [0.15, 0.2) is 46.8 Å². The molecule has 8 heteroatoms. The van der Waals surface area contributed by atoms with E-state index >= 15 is 0 Å². The normalized spacial score (nSPS) is 10.8. The van der Waals surface area contributed by atoms with Gasteiger partial charge in [0.25, 0.3) is 0 Å². The Hall–Kier alpha value is -0.990. The summed E-state index contributed by atoms with van der Waals surface area (Å²) in [5.74, 6) is 0.378. The minimum atomic E-state index is 0.0503. The molecule has 0 saturated heterocycles. The van der Waals surface area contributed by atoms with Crippen molar-refractivity contribution in [3.63, 3.8) is 0 Å². The molecular weight excluding hydrogens is 376 g/mol. The van der Waals surface area contributed by atoms with Crippen molar-refractivity contribution < 1.29 is 4.79 Å². The smallest absolute Gasteiger partial charge is 0.184 e. The Kier molecular flexibility index (Phi) is 5.10. The first-order chi connectivity index (χ1) is 10.6. The van der Waals surface area contributed by atoms with Gasteiger partial charge >= 0.3 is 0 Å². The van der Waals surface area contributed by atoms with Crippen LogP contribution in [0.2, 0.25) is 4.34 Å². The summed E-state index contributed by atoms with van der Waals surface area (Å²) >= 11 is 15.3. The lowest BCUT2D eigenvalue weighted by atomic mass is 10.3. The zero-order valence-electron chi connectivity index (χ0n) is 11.1. The van der Waals surface area contributed by atoms with Crippen molar-refractivity contribution in [3.8, 4) is 5.69 Å². The lowest BCUT2D eigenvalue weighted by molar-refractivity contribution is 0.102. The summed E-state index contributed by atoms with van der Waals surface area (Å²) < 4.78 is 3.79. The molecule has 0 saturated carbocycles. The maximum Gasteiger partial charge on any atom is 0.184 e. The van der Waals surface area contributed by atoms with Crippen molar-refractivity contribution in [2.75, 3.05) is 5.75 Å². The first-order valence-corrected chi connectivity index (χ1v) is 9.61. The van der Waals surface area contributed by atoms with Gasteiger partial charge in [-0.25, -0.2) is 4.68 Å². The van der Waals surface area contributed by atoms with E-state index in [4.69, 9.17) is 23.8 Å². The summed E-state index contributed by atoms with van der Waals surface area (Å²) in [4.78, 5) is 12.7. The van der Waals surface area contributed by atoms with Crippen molar-refractivity contribution >= 4 is 64.0 Å². The van der Waals surface area contributed by atoms with Crippen molar-refractivity contribution in [2.45, 2.75) is 4.34 Å². The molecule has 112 valence electrons. The number of hydrogen-bond acceptors (Lipinski definition) is 6. The van der Waals surface area contributed by atoms with Gasteiger partial charge < -0.3 is 0 Å². The van der Waals surface area contributed by atoms with Crippen LogP contribution in [0.5, 0.6) is 0 Å². The third-order valence-electron chi connectivity index (χ3n) is 2.70. The number of benzene rings is 1. The number of nitrogens with zero attached hydrogens (tertiary/aromatic N) is 2. The number of carbonyl (C=O) groups is 1. The minimum Gasteiger partial charge on any atom is -0.292 e. The van der Waals surface area contributed by atoms with E-state index in [0.717, 1.165) is 10.0 Å². The van der Waals surface area contributed by atoms with E-state index in [-0.39, 0.29) is 5.78 Å². The van der Waals surface area contributed by atoms with E-state index in [0.29, 0.717) is 18.9 Å². The Morgan fingerprint density at radius 3 is 2.68 bits per heavy atom. The number of aromatic nitrogens is 2. The molecular formula is C14H9ClN2OS4. The fourth-order valence-electron chi connectivity index (χ4n) is 1.71. The van der Waals surface area contributed by atoms with Crippen molar-refractivity contribution in [1.82, 2.24) is 9.78 Å². The van der Waals surface area contributed by atoms with E-state index < -0.39 is 0 Å². The summed E-state index contributed by atoms with van der Waals surface area (Å²) in [6.45, 7) is 0. The van der Waals surface area contributed by atoms with Crippen molar-refractivity contribution in [3.05, 3.63) is 55.6 Å². The molecule has 0 fully saturated rings. The molecule has 0 N–H and O–H groups in total. The molecule has 3 aromatic rings. The quantitative estimate of drug-likeness (QED) is 0.337.